The van der Waals surface area contributed by atoms with Gasteiger partial charge in [0.2, 0.25) is 0 Å². The van der Waals surface area contributed by atoms with Crippen LogP contribution >= 0.6 is 0 Å². The summed E-state index contributed by atoms with van der Waals surface area (Å²) in [5.41, 5.74) is 6.82. The average molecular weight is 528 g/mol. The minimum atomic E-state index is 0. The molecule has 0 aromatic heterocycles. The van der Waals surface area contributed by atoms with E-state index in [1.165, 1.54) is 19.3 Å². The molecule has 0 aromatic carbocycles. The first-order valence-corrected chi connectivity index (χ1v) is 9.71. The van der Waals surface area contributed by atoms with Crippen molar-refractivity contribution in [3.63, 3.8) is 0 Å². The van der Waals surface area contributed by atoms with E-state index in [2.05, 4.69) is 70.6 Å². The standard InChI is InChI=1S/C24H31.2CH3.Hf/c1-17-16-19-8-7-11-22(19)24(4,18(17)2)21-12-14-23(3,15-13-21)20-9-5-6-10-20;;;/h5-6,9,11-14,19,22H,7-8,10,15-16H2,1-4H3;2*1H3;/q3*-1;. The van der Waals surface area contributed by atoms with Crippen LogP contribution in [0.1, 0.15) is 59.8 Å². The van der Waals surface area contributed by atoms with Crippen molar-refractivity contribution in [1.29, 1.82) is 0 Å². The van der Waals surface area contributed by atoms with E-state index in [4.69, 9.17) is 0 Å². The Balaban J connectivity index is 0.00000121. The van der Waals surface area contributed by atoms with Gasteiger partial charge in [0.1, 0.15) is 0 Å². The summed E-state index contributed by atoms with van der Waals surface area (Å²) in [6.45, 7) is 9.68. The summed E-state index contributed by atoms with van der Waals surface area (Å²) in [5, 5.41) is 0. The van der Waals surface area contributed by atoms with Crippen LogP contribution < -0.4 is 0 Å². The summed E-state index contributed by atoms with van der Waals surface area (Å²) in [7, 11) is 0. The average Bonchev–Trinajstić information content (AvgIpc) is 3.25. The predicted octanol–water partition coefficient (Wildman–Crippen LogP) is 7.64. The first-order valence-electron chi connectivity index (χ1n) is 9.71. The molecule has 4 aliphatic carbocycles. The molecule has 4 rings (SSSR count). The molecule has 4 atom stereocenters. The number of fused-ring (bicyclic) bond motifs is 1. The van der Waals surface area contributed by atoms with Crippen LogP contribution in [0.2, 0.25) is 0 Å². The van der Waals surface area contributed by atoms with E-state index in [0.29, 0.717) is 0 Å². The molecule has 0 bridgehead atoms. The molecule has 1 fully saturated rings. The van der Waals surface area contributed by atoms with Crippen molar-refractivity contribution in [2.45, 2.75) is 59.8 Å². The summed E-state index contributed by atoms with van der Waals surface area (Å²) in [6.07, 6.45) is 23.2. The molecule has 0 aliphatic heterocycles. The molecule has 4 aliphatic rings. The summed E-state index contributed by atoms with van der Waals surface area (Å²) in [4.78, 5) is 0. The molecule has 0 N–H and O–H groups in total. The van der Waals surface area contributed by atoms with E-state index in [9.17, 15) is 0 Å². The van der Waals surface area contributed by atoms with Crippen molar-refractivity contribution >= 4 is 0 Å². The van der Waals surface area contributed by atoms with Crippen LogP contribution in [0.25, 0.3) is 0 Å². The monoisotopic (exact) mass is 529 g/mol. The quantitative estimate of drug-likeness (QED) is 0.197. The Morgan fingerprint density at radius 3 is 2.48 bits per heavy atom. The first kappa shape index (κ1) is 24.6. The second-order valence-electron chi connectivity index (χ2n) is 8.85. The van der Waals surface area contributed by atoms with E-state index < -0.39 is 0 Å². The second-order valence-corrected chi connectivity index (χ2v) is 8.85. The second kappa shape index (κ2) is 8.93. The van der Waals surface area contributed by atoms with Crippen LogP contribution in [-0.4, -0.2) is 0 Å². The fourth-order valence-electron chi connectivity index (χ4n) is 5.67. The molecule has 1 heteroatoms. The van der Waals surface area contributed by atoms with Gasteiger partial charge in [-0.05, 0) is 44.1 Å². The molecule has 0 aromatic rings. The van der Waals surface area contributed by atoms with E-state index in [1.54, 1.807) is 22.3 Å². The van der Waals surface area contributed by atoms with E-state index >= 15 is 0 Å². The molecule has 27 heavy (non-hydrogen) atoms. The molecule has 0 nitrogen and oxygen atoms in total. The van der Waals surface area contributed by atoms with Crippen molar-refractivity contribution in [1.82, 2.24) is 0 Å². The van der Waals surface area contributed by atoms with Gasteiger partial charge < -0.3 is 21.3 Å². The number of hydrogen-bond donors (Lipinski definition) is 0. The Bertz CT molecular complexity index is 702. The van der Waals surface area contributed by atoms with Gasteiger partial charge in [0, 0.05) is 31.3 Å². The topological polar surface area (TPSA) is 0 Å². The predicted molar refractivity (Wildman–Crippen MR) is 116 cm³/mol. The van der Waals surface area contributed by atoms with Crippen LogP contribution in [0.5, 0.6) is 0 Å². The normalized spacial score (nSPS) is 36.9. The molecular formula is C26H37Hf-3. The number of allylic oxidation sites excluding steroid dienone is 10. The Hall–Kier alpha value is -0.430. The van der Waals surface area contributed by atoms with Crippen molar-refractivity contribution in [3.8, 4) is 0 Å². The third kappa shape index (κ3) is 3.87. The molecule has 1 saturated carbocycles. The zero-order valence-corrected chi connectivity index (χ0v) is 21.8. The molecule has 148 valence electrons. The maximum atomic E-state index is 2.63. The smallest absolute Gasteiger partial charge is 0.0106 e. The molecule has 4 unspecified atom stereocenters. The van der Waals surface area contributed by atoms with Gasteiger partial charge in [0.05, 0.1) is 0 Å². The van der Waals surface area contributed by atoms with Gasteiger partial charge >= 0.3 is 0 Å². The van der Waals surface area contributed by atoms with Crippen molar-refractivity contribution in [3.05, 3.63) is 80.0 Å². The summed E-state index contributed by atoms with van der Waals surface area (Å²) >= 11 is 0. The fraction of sp³-hybridized carbons (Fsp3) is 0.500. The Morgan fingerprint density at radius 2 is 1.89 bits per heavy atom. The van der Waals surface area contributed by atoms with Crippen LogP contribution in [-0.2, 0) is 25.8 Å². The molecule has 0 spiro atoms. The first-order chi connectivity index (χ1) is 11.4. The van der Waals surface area contributed by atoms with Gasteiger partial charge in [-0.1, -0.05) is 79.4 Å². The molecule has 0 radical (unpaired) electrons. The van der Waals surface area contributed by atoms with Crippen LogP contribution in [0.3, 0.4) is 0 Å². The van der Waals surface area contributed by atoms with Crippen molar-refractivity contribution < 1.29 is 25.8 Å². The molecule has 0 amide bonds. The zero-order chi connectivity index (χ0) is 16.9. The van der Waals surface area contributed by atoms with Gasteiger partial charge in [-0.3, -0.25) is 0 Å². The zero-order valence-electron chi connectivity index (χ0n) is 18.2. The Morgan fingerprint density at radius 1 is 1.15 bits per heavy atom. The molecule has 0 heterocycles. The maximum Gasteiger partial charge on any atom is 0.0106 e. The van der Waals surface area contributed by atoms with Crippen LogP contribution in [0.15, 0.2) is 58.7 Å². The summed E-state index contributed by atoms with van der Waals surface area (Å²) in [6, 6.07) is 0. The van der Waals surface area contributed by atoms with Crippen LogP contribution in [0.4, 0.5) is 0 Å². The van der Waals surface area contributed by atoms with Gasteiger partial charge in [-0.2, -0.15) is 12.3 Å². The minimum absolute atomic E-state index is 0. The minimum Gasteiger partial charge on any atom is -0.358 e. The van der Waals surface area contributed by atoms with Crippen molar-refractivity contribution in [2.24, 2.45) is 22.7 Å². The summed E-state index contributed by atoms with van der Waals surface area (Å²) in [5.74, 6) is 1.59. The largest absolute Gasteiger partial charge is 0.358 e. The third-order valence-corrected chi connectivity index (χ3v) is 7.60. The number of hydrogen-bond acceptors (Lipinski definition) is 0. The van der Waals surface area contributed by atoms with Gasteiger partial charge in [0.15, 0.2) is 0 Å². The summed E-state index contributed by atoms with van der Waals surface area (Å²) < 4.78 is 0. The van der Waals surface area contributed by atoms with E-state index in [1.807, 2.05) is 0 Å². The van der Waals surface area contributed by atoms with E-state index in [0.717, 1.165) is 24.7 Å². The van der Waals surface area contributed by atoms with Gasteiger partial charge in [0.25, 0.3) is 0 Å². The van der Waals surface area contributed by atoms with Crippen molar-refractivity contribution in [2.75, 3.05) is 0 Å². The Kier molecular flexibility index (Phi) is 8.14. The Labute approximate surface area is 187 Å². The maximum absolute atomic E-state index is 2.63. The van der Waals surface area contributed by atoms with Gasteiger partial charge in [-0.25, -0.2) is 0 Å². The third-order valence-electron chi connectivity index (χ3n) is 7.60. The SMILES string of the molecule is CC1=C(C)C(C)(C2=CCC(C)(C3=CC=CC3)C=C2)C2[CH-]CCC2C1.[CH3-].[CH3-].[Hf]. The number of rotatable bonds is 2. The molecular weight excluding hydrogens is 491 g/mol. The fourth-order valence-corrected chi connectivity index (χ4v) is 5.67. The van der Waals surface area contributed by atoms with Crippen LogP contribution in [0, 0.1) is 43.9 Å². The van der Waals surface area contributed by atoms with Gasteiger partial charge in [-0.15, -0.1) is 0 Å². The van der Waals surface area contributed by atoms with E-state index in [-0.39, 0.29) is 51.5 Å². The molecule has 0 saturated heterocycles.